The lowest BCUT2D eigenvalue weighted by molar-refractivity contribution is -0.122. The van der Waals surface area contributed by atoms with E-state index in [1.165, 1.54) is 12.0 Å². The number of hydrogen-bond donors (Lipinski definition) is 12. The van der Waals surface area contributed by atoms with Crippen molar-refractivity contribution in [1.82, 2.24) is 146 Å². The quantitative estimate of drug-likeness (QED) is 0.0300. The maximum Gasteiger partial charge on any atom is 0.227 e. The van der Waals surface area contributed by atoms with Gasteiger partial charge in [0.25, 0.3) is 0 Å². The number of H-pyrrole nitrogens is 8. The number of fused-ring (bicyclic) bond motifs is 8. The van der Waals surface area contributed by atoms with Crippen LogP contribution in [-0.2, 0) is 27.5 Å². The third-order valence-electron chi connectivity index (χ3n) is 27.1. The van der Waals surface area contributed by atoms with Gasteiger partial charge in [0.15, 0.2) is 45.9 Å². The summed E-state index contributed by atoms with van der Waals surface area (Å²) in [5.74, 6) is 3.19. The van der Waals surface area contributed by atoms with Crippen LogP contribution in [0.4, 0.5) is 17.1 Å². The van der Waals surface area contributed by atoms with Crippen LogP contribution in [0.25, 0.3) is 221 Å². The standard InChI is InChI=1S/C29H22N8S.C28H24N8OS.C27H22N8OS.C26H20N8OS/c1-2-5-18(6-3-1)11-30-12-19-9-20(14-31-13-19)21-10-22-27(36-37-28(22)33-15-21)29-34-24-17-32-16-23(26(24)35-29)25-7-4-8-38-25;37-28(16-5-2-1-3-6-16)32-19-9-17(11-29-13-19)18-10-20-25(35-36-26(20)31-12-18)27-33-22-15-30-14-21(24(22)34-27)23-7-4-8-38-23;36-27(15-4-1-2-5-15)31-18-8-16(10-28-12-18)17-9-19-24(34-35-25(19)30-11-17)26-32-21-14-29-13-20(23(21)33-26)22-6-3-7-37-22;35-26(14-3-1-4-14)30-17-7-15(9-27-11-17)16-8-18-23(33-34-24(18)29-10-16)25-31-20-13-28-12-19(22(20)32-25)21-5-2-6-36-21/h1-10,13-17,30H,11-12H2,(H,34,35)(H,33,36,37);4,7-16H,1-3,5-6H2,(H,32,37)(H,33,34)(H,31,35,36);3,6-15H,1-2,4-5H2,(H,31,36)(H,32,33)(H,30,34,35);2,5-14H,1,3-4H2,(H,30,35)(H,31,32)(H,29,33,34). The number of aromatic nitrogens is 28. The molecule has 0 atom stereocenters. The van der Waals surface area contributed by atoms with E-state index in [0.29, 0.717) is 62.9 Å². The van der Waals surface area contributed by atoms with Gasteiger partial charge in [-0.3, -0.25) is 74.7 Å². The zero-order chi connectivity index (χ0) is 99.6. The highest BCUT2D eigenvalue weighted by atomic mass is 32.1. The second kappa shape index (κ2) is 40.9. The van der Waals surface area contributed by atoms with Crippen LogP contribution in [-0.4, -0.2) is 158 Å². The lowest BCUT2D eigenvalue weighted by Crippen LogP contribution is -2.28. The predicted molar refractivity (Wildman–Crippen MR) is 582 cm³/mol. The van der Waals surface area contributed by atoms with Gasteiger partial charge in [-0.1, -0.05) is 93.1 Å². The van der Waals surface area contributed by atoms with Gasteiger partial charge in [-0.2, -0.15) is 20.4 Å². The van der Waals surface area contributed by atoms with Gasteiger partial charge in [0, 0.05) is 198 Å². The summed E-state index contributed by atoms with van der Waals surface area (Å²) in [4.78, 5) is 129. The minimum Gasteiger partial charge on any atom is -0.335 e. The molecule has 39 heteroatoms. The molecule has 1 aromatic carbocycles. The van der Waals surface area contributed by atoms with Gasteiger partial charge in [-0.05, 0) is 144 Å². The maximum absolute atomic E-state index is 12.8. The molecular formula is C110H88N32O3S4. The third kappa shape index (κ3) is 19.2. The first kappa shape index (κ1) is 92.1. The molecule has 3 saturated carbocycles. The van der Waals surface area contributed by atoms with E-state index in [4.69, 9.17) is 19.9 Å². The lowest BCUT2D eigenvalue weighted by atomic mass is 9.85. The molecule has 3 fully saturated rings. The molecule has 0 spiro atoms. The minimum absolute atomic E-state index is 0.0622. The maximum atomic E-state index is 12.8. The Kier molecular flexibility index (Phi) is 25.3. The van der Waals surface area contributed by atoms with Gasteiger partial charge in [0.1, 0.15) is 44.8 Å². The smallest absolute Gasteiger partial charge is 0.227 e. The average Bonchev–Trinajstić information content (AvgIpc) is 1.63. The molecule has 149 heavy (non-hydrogen) atoms. The largest absolute Gasteiger partial charge is 0.335 e. The molecule has 3 aliphatic rings. The second-order valence-corrected chi connectivity index (χ2v) is 40.6. The van der Waals surface area contributed by atoms with Gasteiger partial charge in [0.2, 0.25) is 17.7 Å². The number of anilines is 3. The van der Waals surface area contributed by atoms with Crippen molar-refractivity contribution >= 4 is 168 Å². The van der Waals surface area contributed by atoms with Crippen LogP contribution in [0, 0.1) is 17.8 Å². The fourth-order valence-corrected chi connectivity index (χ4v) is 22.2. The van der Waals surface area contributed by atoms with Crippen LogP contribution in [0.3, 0.4) is 0 Å². The first-order chi connectivity index (χ1) is 73.5. The number of carbonyl (C=O) groups is 3. The van der Waals surface area contributed by atoms with E-state index >= 15 is 0 Å². The van der Waals surface area contributed by atoms with E-state index in [1.807, 2.05) is 126 Å². The molecule has 3 aliphatic carbocycles. The van der Waals surface area contributed by atoms with E-state index < -0.39 is 0 Å². The first-order valence-corrected chi connectivity index (χ1v) is 52.4. The Morgan fingerprint density at radius 1 is 0.282 bits per heavy atom. The molecular weight excluding hydrogens is 1950 g/mol. The van der Waals surface area contributed by atoms with E-state index in [9.17, 15) is 14.4 Å². The number of nitrogens with zero attached hydrogens (tertiary/aromatic N) is 20. The number of nitrogens with one attached hydrogen (secondary N) is 12. The van der Waals surface area contributed by atoms with E-state index in [2.05, 4.69) is 208 Å². The molecule has 0 bridgehead atoms. The van der Waals surface area contributed by atoms with Crippen molar-refractivity contribution in [2.75, 3.05) is 16.0 Å². The summed E-state index contributed by atoms with van der Waals surface area (Å²) in [5.41, 5.74) is 27.9. The van der Waals surface area contributed by atoms with Gasteiger partial charge in [-0.25, -0.2) is 39.9 Å². The molecule has 0 aliphatic heterocycles. The van der Waals surface area contributed by atoms with Gasteiger partial charge in [0.05, 0.1) is 104 Å². The van der Waals surface area contributed by atoms with Crippen molar-refractivity contribution < 1.29 is 14.4 Å². The van der Waals surface area contributed by atoms with Gasteiger partial charge >= 0.3 is 0 Å². The molecule has 3 amide bonds. The molecule has 28 rings (SSSR count). The number of pyridine rings is 12. The summed E-state index contributed by atoms with van der Waals surface area (Å²) in [6.45, 7) is 1.53. The summed E-state index contributed by atoms with van der Waals surface area (Å²) in [6.07, 6.45) is 48.3. The fraction of sp³-hybridized carbons (Fsp3) is 0.155. The Bertz CT molecular complexity index is 9210. The molecule has 24 aromatic heterocycles. The van der Waals surface area contributed by atoms with Crippen LogP contribution in [0.2, 0.25) is 0 Å². The molecule has 0 saturated heterocycles. The highest BCUT2D eigenvalue weighted by molar-refractivity contribution is 7.14. The Morgan fingerprint density at radius 3 is 0.879 bits per heavy atom. The fourth-order valence-electron chi connectivity index (χ4n) is 19.3. The number of rotatable bonds is 22. The molecule has 25 aromatic rings. The molecule has 24 heterocycles. The van der Waals surface area contributed by atoms with Crippen molar-refractivity contribution in [1.29, 1.82) is 0 Å². The Labute approximate surface area is 862 Å². The van der Waals surface area contributed by atoms with Crippen LogP contribution >= 0.6 is 45.3 Å². The third-order valence-corrected chi connectivity index (χ3v) is 30.7. The average molecular weight is 2030 g/mol. The topological polar surface area (TPSA) is 483 Å². The molecule has 0 unspecified atom stereocenters. The molecule has 730 valence electrons. The predicted octanol–water partition coefficient (Wildman–Crippen LogP) is 23.4. The molecule has 35 nitrogen and oxygen atoms in total. The van der Waals surface area contributed by atoms with E-state index in [-0.39, 0.29) is 35.5 Å². The monoisotopic (exact) mass is 2030 g/mol. The Balaban J connectivity index is 0.000000103. The van der Waals surface area contributed by atoms with Gasteiger partial charge < -0.3 is 41.2 Å². The summed E-state index contributed by atoms with van der Waals surface area (Å²) in [6, 6.07) is 42.8. The summed E-state index contributed by atoms with van der Waals surface area (Å²) in [7, 11) is 0. The Morgan fingerprint density at radius 2 is 0.570 bits per heavy atom. The van der Waals surface area contributed by atoms with Crippen LogP contribution in [0.15, 0.2) is 273 Å². The van der Waals surface area contributed by atoms with Crippen molar-refractivity contribution in [3.05, 3.63) is 284 Å². The number of thiophene rings is 4. The Hall–Kier alpha value is -18.1. The number of carbonyl (C=O) groups excluding carboxylic acids is 3. The van der Waals surface area contributed by atoms with Crippen molar-refractivity contribution in [3.8, 4) is 132 Å². The van der Waals surface area contributed by atoms with Crippen LogP contribution < -0.4 is 21.3 Å². The van der Waals surface area contributed by atoms with Crippen molar-refractivity contribution in [2.45, 2.75) is 90.1 Å². The lowest BCUT2D eigenvalue weighted by Gasteiger charge is -2.24. The summed E-state index contributed by atoms with van der Waals surface area (Å²) < 4.78 is 0. The first-order valence-electron chi connectivity index (χ1n) is 48.9. The molecule has 0 radical (unpaired) electrons. The van der Waals surface area contributed by atoms with Crippen molar-refractivity contribution in [2.24, 2.45) is 17.8 Å². The van der Waals surface area contributed by atoms with E-state index in [0.717, 1.165) is 264 Å². The number of aromatic amines is 8. The number of hydrogen-bond acceptors (Lipinski definition) is 28. The second-order valence-electron chi connectivity index (χ2n) is 36.8. The highest BCUT2D eigenvalue weighted by Crippen LogP contribution is 2.43. The minimum atomic E-state index is 0.0622. The van der Waals surface area contributed by atoms with Crippen LogP contribution in [0.5, 0.6) is 0 Å². The highest BCUT2D eigenvalue weighted by Gasteiger charge is 2.30. The number of amides is 3. The SMILES string of the molecule is O=C(Nc1cncc(-c2cnc3n[nH]c(-c4nc5c(-c6cccs6)cncc5[nH]4)c3c2)c1)C1CCC1.O=C(Nc1cncc(-c2cnc3n[nH]c(-c4nc5c(-c6cccs6)cncc5[nH]4)c3c2)c1)C1CCCC1.O=C(Nc1cncc(-c2cnc3n[nH]c(-c4nc5c(-c6cccs6)cncc5[nH]4)c3c2)c1)C1CCCCC1.c1ccc(CNCc2cncc(-c3cnc4n[nH]c(-c5nc6c(-c7cccs7)cncc6[nH]5)c4c3)c2)cc1. The zero-order valence-corrected chi connectivity index (χ0v) is 82.7. The summed E-state index contributed by atoms with van der Waals surface area (Å²) >= 11 is 6.64. The normalized spacial score (nSPS) is 13.4. The van der Waals surface area contributed by atoms with Crippen LogP contribution in [0.1, 0.15) is 88.2 Å². The van der Waals surface area contributed by atoms with Crippen molar-refractivity contribution in [3.63, 3.8) is 0 Å². The zero-order valence-electron chi connectivity index (χ0n) is 79.4. The number of benzene rings is 1. The number of imidazole rings is 4. The van der Waals surface area contributed by atoms with E-state index in [1.54, 1.807) is 126 Å². The van der Waals surface area contributed by atoms with Gasteiger partial charge in [-0.15, -0.1) is 45.3 Å². The summed E-state index contributed by atoms with van der Waals surface area (Å²) in [5, 5.41) is 54.2. The molecule has 12 N–H and O–H groups in total.